The molecule has 0 amide bonds. The third kappa shape index (κ3) is 2.26. The summed E-state index contributed by atoms with van der Waals surface area (Å²) < 4.78 is 0. The molecule has 1 aromatic rings. The number of anilines is 1. The van der Waals surface area contributed by atoms with E-state index in [2.05, 4.69) is 41.8 Å². The number of hydrogen-bond donors (Lipinski definition) is 2. The van der Waals surface area contributed by atoms with Crippen LogP contribution in [-0.4, -0.2) is 19.1 Å². The maximum atomic E-state index is 3.52. The SMILES string of the molecule is Cc1ccccc1NC[C@@H]1CCC[NH2+]1. The van der Waals surface area contributed by atoms with E-state index in [9.17, 15) is 0 Å². The highest BCUT2D eigenvalue weighted by Gasteiger charge is 2.17. The van der Waals surface area contributed by atoms with Crippen molar-refractivity contribution in [1.82, 2.24) is 0 Å². The molecule has 0 bridgehead atoms. The maximum Gasteiger partial charge on any atom is 0.104 e. The van der Waals surface area contributed by atoms with Crippen molar-refractivity contribution in [2.24, 2.45) is 0 Å². The first-order valence-corrected chi connectivity index (χ1v) is 5.49. The molecule has 14 heavy (non-hydrogen) atoms. The van der Waals surface area contributed by atoms with E-state index in [1.165, 1.54) is 30.6 Å². The predicted octanol–water partition coefficient (Wildman–Crippen LogP) is 1.13. The van der Waals surface area contributed by atoms with Crippen LogP contribution in [0.5, 0.6) is 0 Å². The molecule has 1 aliphatic heterocycles. The summed E-state index contributed by atoms with van der Waals surface area (Å²) in [6, 6.07) is 9.27. The molecule has 0 unspecified atom stereocenters. The zero-order valence-electron chi connectivity index (χ0n) is 8.79. The summed E-state index contributed by atoms with van der Waals surface area (Å²) in [5.41, 5.74) is 2.62. The van der Waals surface area contributed by atoms with Crippen molar-refractivity contribution in [2.75, 3.05) is 18.4 Å². The zero-order chi connectivity index (χ0) is 9.80. The Hall–Kier alpha value is -1.02. The Morgan fingerprint density at radius 1 is 1.43 bits per heavy atom. The quantitative estimate of drug-likeness (QED) is 0.737. The maximum absolute atomic E-state index is 3.52. The minimum absolute atomic E-state index is 0.787. The minimum Gasteiger partial charge on any atom is -0.379 e. The molecule has 2 nitrogen and oxygen atoms in total. The van der Waals surface area contributed by atoms with Gasteiger partial charge < -0.3 is 10.6 Å². The molecule has 0 aromatic heterocycles. The number of nitrogens with one attached hydrogen (secondary N) is 1. The third-order valence-corrected chi connectivity index (χ3v) is 2.98. The van der Waals surface area contributed by atoms with Gasteiger partial charge in [-0.15, -0.1) is 0 Å². The molecule has 0 aliphatic carbocycles. The van der Waals surface area contributed by atoms with E-state index in [1.54, 1.807) is 0 Å². The van der Waals surface area contributed by atoms with E-state index in [1.807, 2.05) is 0 Å². The average molecular weight is 191 g/mol. The fourth-order valence-electron chi connectivity index (χ4n) is 2.05. The van der Waals surface area contributed by atoms with Gasteiger partial charge in [-0.2, -0.15) is 0 Å². The number of quaternary nitrogens is 1. The number of nitrogens with two attached hydrogens (primary N) is 1. The number of para-hydroxylation sites is 1. The van der Waals surface area contributed by atoms with Crippen LogP contribution in [0.25, 0.3) is 0 Å². The molecule has 1 aromatic carbocycles. The Balaban J connectivity index is 1.88. The Kier molecular flexibility index (Phi) is 3.04. The van der Waals surface area contributed by atoms with Gasteiger partial charge in [0.05, 0.1) is 13.1 Å². The molecule has 2 rings (SSSR count). The van der Waals surface area contributed by atoms with Crippen molar-refractivity contribution in [1.29, 1.82) is 0 Å². The molecule has 1 atom stereocenters. The summed E-state index contributed by atoms with van der Waals surface area (Å²) in [6.45, 7) is 4.56. The molecule has 3 N–H and O–H groups in total. The molecule has 0 radical (unpaired) electrons. The molecule has 76 valence electrons. The van der Waals surface area contributed by atoms with Crippen molar-refractivity contribution in [3.8, 4) is 0 Å². The first-order chi connectivity index (χ1) is 6.86. The Bertz CT molecular complexity index is 290. The van der Waals surface area contributed by atoms with Gasteiger partial charge in [0.15, 0.2) is 0 Å². The second-order valence-corrected chi connectivity index (χ2v) is 4.12. The lowest BCUT2D eigenvalue weighted by Crippen LogP contribution is -2.87. The van der Waals surface area contributed by atoms with Crippen LogP contribution in [-0.2, 0) is 0 Å². The summed E-state index contributed by atoms with van der Waals surface area (Å²) in [5, 5.41) is 5.97. The fourth-order valence-corrected chi connectivity index (χ4v) is 2.05. The highest BCUT2D eigenvalue weighted by molar-refractivity contribution is 5.50. The van der Waals surface area contributed by atoms with Crippen LogP contribution in [0.15, 0.2) is 24.3 Å². The highest BCUT2D eigenvalue weighted by atomic mass is 15.0. The van der Waals surface area contributed by atoms with E-state index in [-0.39, 0.29) is 0 Å². The summed E-state index contributed by atoms with van der Waals surface area (Å²) in [4.78, 5) is 0. The Labute approximate surface area is 85.7 Å². The van der Waals surface area contributed by atoms with Crippen molar-refractivity contribution in [3.63, 3.8) is 0 Å². The highest BCUT2D eigenvalue weighted by Crippen LogP contribution is 2.13. The van der Waals surface area contributed by atoms with Gasteiger partial charge in [0.25, 0.3) is 0 Å². The lowest BCUT2D eigenvalue weighted by atomic mass is 10.2. The first kappa shape index (κ1) is 9.53. The van der Waals surface area contributed by atoms with Crippen LogP contribution in [0.1, 0.15) is 18.4 Å². The summed E-state index contributed by atoms with van der Waals surface area (Å²) >= 11 is 0. The van der Waals surface area contributed by atoms with Crippen LogP contribution < -0.4 is 10.6 Å². The van der Waals surface area contributed by atoms with Gasteiger partial charge in [-0.3, -0.25) is 0 Å². The molecule has 0 saturated carbocycles. The first-order valence-electron chi connectivity index (χ1n) is 5.49. The van der Waals surface area contributed by atoms with Gasteiger partial charge in [-0.1, -0.05) is 18.2 Å². The minimum atomic E-state index is 0.787. The van der Waals surface area contributed by atoms with Crippen LogP contribution in [0.4, 0.5) is 5.69 Å². The molecule has 1 aliphatic rings. The van der Waals surface area contributed by atoms with Gasteiger partial charge >= 0.3 is 0 Å². The average Bonchev–Trinajstić information content (AvgIpc) is 2.69. The zero-order valence-corrected chi connectivity index (χ0v) is 8.79. The summed E-state index contributed by atoms with van der Waals surface area (Å²) in [5.74, 6) is 0. The van der Waals surface area contributed by atoms with Gasteiger partial charge in [-0.05, 0) is 18.6 Å². The van der Waals surface area contributed by atoms with Crippen molar-refractivity contribution >= 4 is 5.69 Å². The fraction of sp³-hybridized carbons (Fsp3) is 0.500. The third-order valence-electron chi connectivity index (χ3n) is 2.98. The molecule has 0 spiro atoms. The number of benzene rings is 1. The number of rotatable bonds is 3. The number of hydrogen-bond acceptors (Lipinski definition) is 1. The molecular weight excluding hydrogens is 172 g/mol. The Morgan fingerprint density at radius 3 is 3.00 bits per heavy atom. The van der Waals surface area contributed by atoms with Crippen molar-refractivity contribution in [3.05, 3.63) is 29.8 Å². The second kappa shape index (κ2) is 4.47. The van der Waals surface area contributed by atoms with E-state index in [0.717, 1.165) is 12.6 Å². The van der Waals surface area contributed by atoms with Gasteiger partial charge in [0, 0.05) is 18.5 Å². The van der Waals surface area contributed by atoms with Crippen LogP contribution in [0, 0.1) is 6.92 Å². The van der Waals surface area contributed by atoms with Gasteiger partial charge in [0.1, 0.15) is 6.04 Å². The normalized spacial score (nSPS) is 21.1. The second-order valence-electron chi connectivity index (χ2n) is 4.12. The Morgan fingerprint density at radius 2 is 2.29 bits per heavy atom. The van der Waals surface area contributed by atoms with Crippen LogP contribution in [0.2, 0.25) is 0 Å². The van der Waals surface area contributed by atoms with Crippen molar-refractivity contribution < 1.29 is 5.32 Å². The largest absolute Gasteiger partial charge is 0.379 e. The molecule has 1 fully saturated rings. The van der Waals surface area contributed by atoms with Gasteiger partial charge in [0.2, 0.25) is 0 Å². The molecule has 2 heteroatoms. The lowest BCUT2D eigenvalue weighted by Gasteiger charge is -2.11. The molecular formula is C12H19N2+. The summed E-state index contributed by atoms with van der Waals surface area (Å²) in [6.07, 6.45) is 2.74. The van der Waals surface area contributed by atoms with E-state index >= 15 is 0 Å². The van der Waals surface area contributed by atoms with Crippen LogP contribution in [0.3, 0.4) is 0 Å². The monoisotopic (exact) mass is 191 g/mol. The molecule has 1 heterocycles. The lowest BCUT2D eigenvalue weighted by molar-refractivity contribution is -0.666. The number of aryl methyl sites for hydroxylation is 1. The standard InChI is InChI=1S/C12H18N2/c1-10-5-2-3-7-12(10)14-9-11-6-4-8-13-11/h2-3,5,7,11,13-14H,4,6,8-9H2,1H3/p+1/t11-/m0/s1. The van der Waals surface area contributed by atoms with Gasteiger partial charge in [-0.25, -0.2) is 0 Å². The predicted molar refractivity (Wildman–Crippen MR) is 59.5 cm³/mol. The van der Waals surface area contributed by atoms with E-state index in [4.69, 9.17) is 0 Å². The smallest absolute Gasteiger partial charge is 0.104 e. The van der Waals surface area contributed by atoms with E-state index in [0.29, 0.717) is 0 Å². The summed E-state index contributed by atoms with van der Waals surface area (Å²) in [7, 11) is 0. The van der Waals surface area contributed by atoms with Crippen molar-refractivity contribution in [2.45, 2.75) is 25.8 Å². The van der Waals surface area contributed by atoms with E-state index < -0.39 is 0 Å². The van der Waals surface area contributed by atoms with Crippen LogP contribution >= 0.6 is 0 Å². The molecule has 1 saturated heterocycles. The topological polar surface area (TPSA) is 28.6 Å².